The average molecular weight is 264 g/mol. The fourth-order valence-electron chi connectivity index (χ4n) is 2.13. The van der Waals surface area contributed by atoms with Crippen molar-refractivity contribution in [2.45, 2.75) is 53.5 Å². The zero-order valence-corrected chi connectivity index (χ0v) is 12.4. The van der Waals surface area contributed by atoms with E-state index >= 15 is 0 Å². The van der Waals surface area contributed by atoms with Crippen LogP contribution >= 0.6 is 0 Å². The van der Waals surface area contributed by atoms with Crippen molar-refractivity contribution in [3.05, 3.63) is 23.0 Å². The van der Waals surface area contributed by atoms with Gasteiger partial charge in [-0.3, -0.25) is 4.98 Å². The van der Waals surface area contributed by atoms with E-state index < -0.39 is 5.97 Å². The molecule has 19 heavy (non-hydrogen) atoms. The maximum Gasteiger partial charge on any atom is 0.339 e. The highest BCUT2D eigenvalue weighted by atomic mass is 16.4. The first-order chi connectivity index (χ1) is 8.81. The zero-order valence-electron chi connectivity index (χ0n) is 12.4. The van der Waals surface area contributed by atoms with Crippen LogP contribution in [0.15, 0.2) is 6.07 Å². The van der Waals surface area contributed by atoms with Crippen molar-refractivity contribution in [1.29, 1.82) is 0 Å². The van der Waals surface area contributed by atoms with Crippen molar-refractivity contribution in [2.24, 2.45) is 5.92 Å². The maximum absolute atomic E-state index is 11.3. The number of carboxylic acid groups (broad SMARTS) is 1. The maximum atomic E-state index is 11.3. The first-order valence-electron chi connectivity index (χ1n) is 6.79. The molecule has 0 fully saturated rings. The lowest BCUT2D eigenvalue weighted by atomic mass is 10.0. The second-order valence-electron chi connectivity index (χ2n) is 5.59. The van der Waals surface area contributed by atoms with Gasteiger partial charge in [-0.1, -0.05) is 13.8 Å². The van der Waals surface area contributed by atoms with E-state index in [0.717, 1.165) is 18.5 Å². The van der Waals surface area contributed by atoms with Gasteiger partial charge in [0.15, 0.2) is 0 Å². The molecule has 1 atom stereocenters. The molecule has 0 aliphatic rings. The van der Waals surface area contributed by atoms with E-state index in [1.807, 2.05) is 13.0 Å². The van der Waals surface area contributed by atoms with Gasteiger partial charge < -0.3 is 10.4 Å². The van der Waals surface area contributed by atoms with Gasteiger partial charge in [0.25, 0.3) is 0 Å². The standard InChI is InChI=1S/C15H24N2O2/c1-9(2)6-7-10(3)17-13-8-11(4)16-12(5)14(13)15(18)19/h8-10H,6-7H2,1-5H3,(H,16,17)(H,18,19). The summed E-state index contributed by atoms with van der Waals surface area (Å²) in [7, 11) is 0. The van der Waals surface area contributed by atoms with Gasteiger partial charge in [0, 0.05) is 11.7 Å². The van der Waals surface area contributed by atoms with Crippen molar-refractivity contribution in [3.8, 4) is 0 Å². The van der Waals surface area contributed by atoms with E-state index in [2.05, 4.69) is 31.1 Å². The lowest BCUT2D eigenvalue weighted by Crippen LogP contribution is -2.19. The predicted octanol–water partition coefficient (Wildman–Crippen LogP) is 3.63. The van der Waals surface area contributed by atoms with Crippen molar-refractivity contribution >= 4 is 11.7 Å². The summed E-state index contributed by atoms with van der Waals surface area (Å²) in [5.41, 5.74) is 2.35. The largest absolute Gasteiger partial charge is 0.478 e. The van der Waals surface area contributed by atoms with Crippen LogP contribution in [-0.2, 0) is 0 Å². The van der Waals surface area contributed by atoms with Crippen LogP contribution in [0.5, 0.6) is 0 Å². The number of pyridine rings is 1. The van der Waals surface area contributed by atoms with Gasteiger partial charge in [-0.25, -0.2) is 4.79 Å². The van der Waals surface area contributed by atoms with Gasteiger partial charge in [-0.05, 0) is 45.6 Å². The molecule has 1 aromatic heterocycles. The monoisotopic (exact) mass is 264 g/mol. The highest BCUT2D eigenvalue weighted by Gasteiger charge is 2.16. The fraction of sp³-hybridized carbons (Fsp3) is 0.600. The number of carbonyl (C=O) groups is 1. The minimum absolute atomic E-state index is 0.252. The molecule has 0 bridgehead atoms. The van der Waals surface area contributed by atoms with E-state index in [1.165, 1.54) is 0 Å². The molecule has 0 radical (unpaired) electrons. The molecule has 0 saturated carbocycles. The van der Waals surface area contributed by atoms with Gasteiger partial charge in [-0.15, -0.1) is 0 Å². The molecule has 0 saturated heterocycles. The van der Waals surface area contributed by atoms with Crippen LogP contribution in [0.2, 0.25) is 0 Å². The number of aryl methyl sites for hydroxylation is 2. The van der Waals surface area contributed by atoms with Gasteiger partial charge in [0.2, 0.25) is 0 Å². The number of hydrogen-bond acceptors (Lipinski definition) is 3. The quantitative estimate of drug-likeness (QED) is 0.823. The van der Waals surface area contributed by atoms with E-state index in [-0.39, 0.29) is 11.6 Å². The molecule has 1 aromatic rings. The third-order valence-corrected chi connectivity index (χ3v) is 3.12. The Bertz CT molecular complexity index is 456. The summed E-state index contributed by atoms with van der Waals surface area (Å²) in [6.45, 7) is 10.1. The number of hydrogen-bond donors (Lipinski definition) is 2. The number of anilines is 1. The third kappa shape index (κ3) is 4.54. The Balaban J connectivity index is 2.90. The molecule has 1 unspecified atom stereocenters. The van der Waals surface area contributed by atoms with Crippen LogP contribution in [0.4, 0.5) is 5.69 Å². The highest BCUT2D eigenvalue weighted by Crippen LogP contribution is 2.22. The van der Waals surface area contributed by atoms with E-state index in [1.54, 1.807) is 6.92 Å². The number of aromatic carboxylic acids is 1. The fourth-order valence-corrected chi connectivity index (χ4v) is 2.13. The number of aromatic nitrogens is 1. The van der Waals surface area contributed by atoms with Crippen LogP contribution in [0.25, 0.3) is 0 Å². The Morgan fingerprint density at radius 1 is 1.32 bits per heavy atom. The number of nitrogens with zero attached hydrogens (tertiary/aromatic N) is 1. The minimum Gasteiger partial charge on any atom is -0.478 e. The number of rotatable bonds is 6. The summed E-state index contributed by atoms with van der Waals surface area (Å²) in [5, 5.41) is 12.6. The average Bonchev–Trinajstić information content (AvgIpc) is 2.24. The Kier molecular flexibility index (Phi) is 5.33. The molecule has 0 aromatic carbocycles. The lowest BCUT2D eigenvalue weighted by Gasteiger charge is -2.19. The number of carboxylic acids is 1. The molecule has 1 rings (SSSR count). The molecular formula is C15H24N2O2. The van der Waals surface area contributed by atoms with Crippen LogP contribution in [0.3, 0.4) is 0 Å². The molecule has 0 aliphatic heterocycles. The Labute approximate surface area is 115 Å². The van der Waals surface area contributed by atoms with Crippen molar-refractivity contribution in [1.82, 2.24) is 4.98 Å². The van der Waals surface area contributed by atoms with Gasteiger partial charge >= 0.3 is 5.97 Å². The molecule has 0 aliphatic carbocycles. The first kappa shape index (κ1) is 15.5. The summed E-state index contributed by atoms with van der Waals surface area (Å²) in [5.74, 6) is -0.271. The van der Waals surface area contributed by atoms with Crippen molar-refractivity contribution < 1.29 is 9.90 Å². The van der Waals surface area contributed by atoms with Crippen LogP contribution < -0.4 is 5.32 Å². The van der Waals surface area contributed by atoms with Crippen molar-refractivity contribution in [2.75, 3.05) is 5.32 Å². The molecule has 2 N–H and O–H groups in total. The van der Waals surface area contributed by atoms with Gasteiger partial charge in [0.1, 0.15) is 5.56 Å². The molecule has 1 heterocycles. The summed E-state index contributed by atoms with van der Waals surface area (Å²) >= 11 is 0. The molecule has 0 spiro atoms. The van der Waals surface area contributed by atoms with E-state index in [9.17, 15) is 9.90 Å². The minimum atomic E-state index is -0.927. The first-order valence-corrected chi connectivity index (χ1v) is 6.79. The summed E-state index contributed by atoms with van der Waals surface area (Å²) in [6.07, 6.45) is 2.15. The topological polar surface area (TPSA) is 62.2 Å². The molecule has 4 heteroatoms. The second kappa shape index (κ2) is 6.55. The second-order valence-corrected chi connectivity index (χ2v) is 5.59. The molecule has 0 amide bonds. The van der Waals surface area contributed by atoms with Crippen LogP contribution in [0.1, 0.15) is 55.4 Å². The van der Waals surface area contributed by atoms with Crippen LogP contribution in [-0.4, -0.2) is 22.1 Å². The van der Waals surface area contributed by atoms with E-state index in [0.29, 0.717) is 17.3 Å². The summed E-state index contributed by atoms with van der Waals surface area (Å²) in [4.78, 5) is 15.5. The third-order valence-electron chi connectivity index (χ3n) is 3.12. The van der Waals surface area contributed by atoms with Crippen molar-refractivity contribution in [3.63, 3.8) is 0 Å². The zero-order chi connectivity index (χ0) is 14.6. The predicted molar refractivity (Wildman–Crippen MR) is 77.8 cm³/mol. The van der Waals surface area contributed by atoms with Gasteiger partial charge in [-0.2, -0.15) is 0 Å². The molecule has 4 nitrogen and oxygen atoms in total. The number of nitrogens with one attached hydrogen (secondary N) is 1. The smallest absolute Gasteiger partial charge is 0.339 e. The Hall–Kier alpha value is -1.58. The molecule has 106 valence electrons. The van der Waals surface area contributed by atoms with Gasteiger partial charge in [0.05, 0.1) is 11.4 Å². The molecular weight excluding hydrogens is 240 g/mol. The Morgan fingerprint density at radius 2 is 1.95 bits per heavy atom. The SMILES string of the molecule is Cc1cc(NC(C)CCC(C)C)c(C(=O)O)c(C)n1. The summed E-state index contributed by atoms with van der Waals surface area (Å²) < 4.78 is 0. The lowest BCUT2D eigenvalue weighted by molar-refractivity contribution is 0.0696. The normalized spacial score (nSPS) is 12.5. The highest BCUT2D eigenvalue weighted by molar-refractivity contribution is 5.95. The van der Waals surface area contributed by atoms with Crippen LogP contribution in [0, 0.1) is 19.8 Å². The summed E-state index contributed by atoms with van der Waals surface area (Å²) in [6, 6.07) is 2.06. The van der Waals surface area contributed by atoms with E-state index in [4.69, 9.17) is 0 Å². The Morgan fingerprint density at radius 3 is 2.47 bits per heavy atom.